The normalized spacial score (nSPS) is 15.5. The molecular weight excluding hydrogens is 319 g/mol. The first-order chi connectivity index (χ1) is 11.3. The first-order valence-corrected chi connectivity index (χ1v) is 7.39. The van der Waals surface area contributed by atoms with Crippen LogP contribution in [0.3, 0.4) is 0 Å². The SMILES string of the molecule is C=C[C@@H](c1ccc2ccccc2c1)[C@@](N)(C(=O)OCC)C(F)(F)F. The zero-order chi connectivity index (χ0) is 18.0. The van der Waals surface area contributed by atoms with E-state index in [1.165, 1.54) is 13.0 Å². The third-order valence-corrected chi connectivity index (χ3v) is 3.94. The van der Waals surface area contributed by atoms with E-state index in [2.05, 4.69) is 11.3 Å². The van der Waals surface area contributed by atoms with Crippen molar-refractivity contribution in [2.45, 2.75) is 24.6 Å². The van der Waals surface area contributed by atoms with Gasteiger partial charge in [-0.15, -0.1) is 6.58 Å². The Bertz CT molecular complexity index is 757. The van der Waals surface area contributed by atoms with Gasteiger partial charge in [-0.2, -0.15) is 13.2 Å². The predicted octanol–water partition coefficient (Wildman–Crippen LogP) is 3.93. The van der Waals surface area contributed by atoms with Gasteiger partial charge >= 0.3 is 12.1 Å². The molecule has 2 aromatic rings. The Hall–Kier alpha value is -2.34. The van der Waals surface area contributed by atoms with Crippen molar-refractivity contribution in [1.82, 2.24) is 0 Å². The molecule has 2 N–H and O–H groups in total. The highest BCUT2D eigenvalue weighted by Crippen LogP contribution is 2.41. The summed E-state index contributed by atoms with van der Waals surface area (Å²) in [6.07, 6.45) is -3.96. The van der Waals surface area contributed by atoms with Crippen LogP contribution in [0, 0.1) is 0 Å². The third-order valence-electron chi connectivity index (χ3n) is 3.94. The zero-order valence-electron chi connectivity index (χ0n) is 13.1. The van der Waals surface area contributed by atoms with Gasteiger partial charge in [-0.05, 0) is 23.3 Å². The van der Waals surface area contributed by atoms with E-state index < -0.39 is 23.6 Å². The van der Waals surface area contributed by atoms with E-state index in [4.69, 9.17) is 5.73 Å². The molecule has 0 amide bonds. The number of hydrogen-bond donors (Lipinski definition) is 1. The molecule has 0 fully saturated rings. The van der Waals surface area contributed by atoms with E-state index in [-0.39, 0.29) is 12.2 Å². The molecule has 0 spiro atoms. The summed E-state index contributed by atoms with van der Waals surface area (Å²) in [5.74, 6) is -2.99. The topological polar surface area (TPSA) is 52.3 Å². The maximum atomic E-state index is 13.6. The Labute approximate surface area is 137 Å². The molecule has 3 nitrogen and oxygen atoms in total. The van der Waals surface area contributed by atoms with Crippen LogP contribution in [0.15, 0.2) is 55.1 Å². The van der Waals surface area contributed by atoms with E-state index in [0.717, 1.165) is 16.8 Å². The smallest absolute Gasteiger partial charge is 0.418 e. The molecule has 0 aliphatic rings. The first kappa shape index (κ1) is 18.0. The predicted molar refractivity (Wildman–Crippen MR) is 86.5 cm³/mol. The zero-order valence-corrected chi connectivity index (χ0v) is 13.1. The molecule has 0 aromatic heterocycles. The number of rotatable bonds is 5. The van der Waals surface area contributed by atoms with Gasteiger partial charge in [-0.3, -0.25) is 0 Å². The quantitative estimate of drug-likeness (QED) is 0.664. The Morgan fingerprint density at radius 1 is 1.25 bits per heavy atom. The van der Waals surface area contributed by atoms with Crippen LogP contribution in [0.1, 0.15) is 18.4 Å². The lowest BCUT2D eigenvalue weighted by Gasteiger charge is -2.35. The van der Waals surface area contributed by atoms with Crippen LogP contribution < -0.4 is 5.73 Å². The highest BCUT2D eigenvalue weighted by Gasteiger charge is 2.63. The van der Waals surface area contributed by atoms with E-state index in [0.29, 0.717) is 0 Å². The summed E-state index contributed by atoms with van der Waals surface area (Å²) in [7, 11) is 0. The summed E-state index contributed by atoms with van der Waals surface area (Å²) < 4.78 is 45.5. The third kappa shape index (κ3) is 3.01. The Kier molecular flexibility index (Phi) is 4.99. The Morgan fingerprint density at radius 3 is 2.42 bits per heavy atom. The number of ether oxygens (including phenoxy) is 1. The van der Waals surface area contributed by atoms with Crippen molar-refractivity contribution in [3.63, 3.8) is 0 Å². The number of nitrogens with two attached hydrogens (primary N) is 1. The maximum absolute atomic E-state index is 13.6. The van der Waals surface area contributed by atoms with Crippen LogP contribution in [0.5, 0.6) is 0 Å². The summed E-state index contributed by atoms with van der Waals surface area (Å²) in [5, 5.41) is 1.62. The van der Waals surface area contributed by atoms with Crippen molar-refractivity contribution in [3.05, 3.63) is 60.7 Å². The average Bonchev–Trinajstić information content (AvgIpc) is 2.54. The van der Waals surface area contributed by atoms with Crippen molar-refractivity contribution >= 4 is 16.7 Å². The molecule has 128 valence electrons. The van der Waals surface area contributed by atoms with Crippen LogP contribution in [0.25, 0.3) is 10.8 Å². The van der Waals surface area contributed by atoms with E-state index in [9.17, 15) is 18.0 Å². The fourth-order valence-corrected chi connectivity index (χ4v) is 2.66. The van der Waals surface area contributed by atoms with Gasteiger partial charge in [0.05, 0.1) is 6.61 Å². The minimum atomic E-state index is -5.00. The second-order valence-electron chi connectivity index (χ2n) is 5.41. The molecule has 6 heteroatoms. The van der Waals surface area contributed by atoms with Crippen molar-refractivity contribution in [2.75, 3.05) is 6.61 Å². The Balaban J connectivity index is 2.59. The lowest BCUT2D eigenvalue weighted by Crippen LogP contribution is -2.63. The van der Waals surface area contributed by atoms with Crippen molar-refractivity contribution in [3.8, 4) is 0 Å². The lowest BCUT2D eigenvalue weighted by atomic mass is 9.78. The van der Waals surface area contributed by atoms with Gasteiger partial charge in [0.1, 0.15) is 0 Å². The van der Waals surface area contributed by atoms with Crippen molar-refractivity contribution in [1.29, 1.82) is 0 Å². The van der Waals surface area contributed by atoms with Gasteiger partial charge in [0.15, 0.2) is 0 Å². The lowest BCUT2D eigenvalue weighted by molar-refractivity contribution is -0.208. The first-order valence-electron chi connectivity index (χ1n) is 7.39. The van der Waals surface area contributed by atoms with Gasteiger partial charge < -0.3 is 10.5 Å². The van der Waals surface area contributed by atoms with Crippen molar-refractivity contribution < 1.29 is 22.7 Å². The largest absolute Gasteiger partial charge is 0.464 e. The van der Waals surface area contributed by atoms with E-state index in [1.807, 2.05) is 12.1 Å². The van der Waals surface area contributed by atoms with Crippen LogP contribution in [0.2, 0.25) is 0 Å². The van der Waals surface area contributed by atoms with E-state index in [1.54, 1.807) is 24.3 Å². The summed E-state index contributed by atoms with van der Waals surface area (Å²) >= 11 is 0. The molecule has 24 heavy (non-hydrogen) atoms. The monoisotopic (exact) mass is 337 g/mol. The second kappa shape index (κ2) is 6.65. The van der Waals surface area contributed by atoms with Crippen molar-refractivity contribution in [2.24, 2.45) is 5.73 Å². The van der Waals surface area contributed by atoms with Gasteiger partial charge in [-0.25, -0.2) is 4.79 Å². The molecule has 2 rings (SSSR count). The minimum absolute atomic E-state index is 0.199. The number of esters is 1. The number of alkyl halides is 3. The summed E-state index contributed by atoms with van der Waals surface area (Å²) in [6.45, 7) is 4.68. The summed E-state index contributed by atoms with van der Waals surface area (Å²) in [5.41, 5.74) is 2.61. The molecule has 0 bridgehead atoms. The fraction of sp³-hybridized carbons (Fsp3) is 0.278. The maximum Gasteiger partial charge on any atom is 0.418 e. The molecule has 0 saturated heterocycles. The van der Waals surface area contributed by atoms with Crippen LogP contribution in [-0.2, 0) is 9.53 Å². The molecule has 0 heterocycles. The molecule has 2 atom stereocenters. The molecule has 0 aliphatic carbocycles. The summed E-state index contributed by atoms with van der Waals surface area (Å²) in [4.78, 5) is 12.0. The number of carbonyl (C=O) groups is 1. The van der Waals surface area contributed by atoms with Gasteiger partial charge in [-0.1, -0.05) is 48.5 Å². The van der Waals surface area contributed by atoms with Crippen LogP contribution in [0.4, 0.5) is 13.2 Å². The number of halogens is 3. The highest BCUT2D eigenvalue weighted by atomic mass is 19.4. The Morgan fingerprint density at radius 2 is 1.88 bits per heavy atom. The number of fused-ring (bicyclic) bond motifs is 1. The molecule has 0 aliphatic heterocycles. The van der Waals surface area contributed by atoms with Crippen LogP contribution >= 0.6 is 0 Å². The fourth-order valence-electron chi connectivity index (χ4n) is 2.66. The molecule has 0 saturated carbocycles. The van der Waals surface area contributed by atoms with Crippen LogP contribution in [-0.4, -0.2) is 24.3 Å². The minimum Gasteiger partial charge on any atom is -0.464 e. The highest BCUT2D eigenvalue weighted by molar-refractivity contribution is 5.86. The number of benzene rings is 2. The standard InChI is InChI=1S/C18H18F3NO2/c1-3-15(17(22,18(19,20)21)16(23)24-4-2)14-10-9-12-7-5-6-8-13(12)11-14/h3,5-11,15H,1,4,22H2,2H3/t15-,17+/m0/s1. The van der Waals surface area contributed by atoms with Gasteiger partial charge in [0, 0.05) is 5.92 Å². The second-order valence-corrected chi connectivity index (χ2v) is 5.41. The van der Waals surface area contributed by atoms with Gasteiger partial charge in [0.25, 0.3) is 0 Å². The van der Waals surface area contributed by atoms with E-state index >= 15 is 0 Å². The van der Waals surface area contributed by atoms with Gasteiger partial charge in [0.2, 0.25) is 5.54 Å². The molecule has 0 unspecified atom stereocenters. The average molecular weight is 337 g/mol. The molecule has 0 radical (unpaired) electrons. The molecule has 2 aromatic carbocycles. The summed E-state index contributed by atoms with van der Waals surface area (Å²) in [6, 6.07) is 12.0. The molecular formula is C18H18F3NO2. The number of carbonyl (C=O) groups excluding carboxylic acids is 1. The number of hydrogen-bond acceptors (Lipinski definition) is 3.